The third kappa shape index (κ3) is 4.30. The van der Waals surface area contributed by atoms with Crippen LogP contribution in [0, 0.1) is 0 Å². The Bertz CT molecular complexity index is 280. The summed E-state index contributed by atoms with van der Waals surface area (Å²) >= 11 is 0. The molecule has 2 aliphatic rings. The minimum Gasteiger partial charge on any atom is -0.335 e. The third-order valence-electron chi connectivity index (χ3n) is 3.66. The quantitative estimate of drug-likeness (QED) is 0.789. The Labute approximate surface area is 105 Å². The molecule has 0 radical (unpaired) electrons. The van der Waals surface area contributed by atoms with Gasteiger partial charge in [-0.15, -0.1) is 0 Å². The lowest BCUT2D eigenvalue weighted by Crippen LogP contribution is -2.48. The second-order valence-electron chi connectivity index (χ2n) is 5.08. The molecule has 0 aromatic heterocycles. The molecule has 1 aliphatic heterocycles. The smallest absolute Gasteiger partial charge is 0.315 e. The number of hydrogen-bond acceptors (Lipinski definition) is 2. The van der Waals surface area contributed by atoms with Crippen LogP contribution in [0.5, 0.6) is 0 Å². The molecule has 0 atom stereocenters. The van der Waals surface area contributed by atoms with Crippen LogP contribution in [-0.4, -0.2) is 33.8 Å². The number of carbonyl (C=O) groups excluding carboxylic acids is 1. The number of rotatable bonds is 2. The molecular formula is C12H22N2O2S. The SMILES string of the molecule is O=C(NC1CCCCC1)NC1CCS(=O)CC1. The van der Waals surface area contributed by atoms with Gasteiger partial charge in [-0.25, -0.2) is 4.79 Å². The zero-order valence-electron chi connectivity index (χ0n) is 10.2. The highest BCUT2D eigenvalue weighted by Gasteiger charge is 2.21. The van der Waals surface area contributed by atoms with Gasteiger partial charge in [-0.2, -0.15) is 0 Å². The summed E-state index contributed by atoms with van der Waals surface area (Å²) in [5.74, 6) is 1.46. The lowest BCUT2D eigenvalue weighted by Gasteiger charge is -2.26. The van der Waals surface area contributed by atoms with Gasteiger partial charge in [0.1, 0.15) is 0 Å². The summed E-state index contributed by atoms with van der Waals surface area (Å²) in [6.07, 6.45) is 7.69. The summed E-state index contributed by atoms with van der Waals surface area (Å²) in [5.41, 5.74) is 0. The van der Waals surface area contributed by atoms with Crippen LogP contribution >= 0.6 is 0 Å². The molecule has 5 heteroatoms. The molecule has 17 heavy (non-hydrogen) atoms. The summed E-state index contributed by atoms with van der Waals surface area (Å²) in [5, 5.41) is 6.05. The molecule has 1 aliphatic carbocycles. The van der Waals surface area contributed by atoms with E-state index in [1.54, 1.807) is 0 Å². The second kappa shape index (κ2) is 6.38. The van der Waals surface area contributed by atoms with E-state index in [9.17, 15) is 9.00 Å². The lowest BCUT2D eigenvalue weighted by atomic mass is 9.96. The fourth-order valence-electron chi connectivity index (χ4n) is 2.60. The molecule has 0 aromatic rings. The second-order valence-corrected chi connectivity index (χ2v) is 6.77. The van der Waals surface area contributed by atoms with E-state index in [-0.39, 0.29) is 12.1 Å². The summed E-state index contributed by atoms with van der Waals surface area (Å²) in [6.45, 7) is 0. The van der Waals surface area contributed by atoms with Gasteiger partial charge in [0.05, 0.1) is 0 Å². The van der Waals surface area contributed by atoms with Crippen LogP contribution < -0.4 is 10.6 Å². The van der Waals surface area contributed by atoms with Gasteiger partial charge < -0.3 is 10.6 Å². The highest BCUT2D eigenvalue weighted by atomic mass is 32.2. The molecule has 2 fully saturated rings. The van der Waals surface area contributed by atoms with Crippen molar-refractivity contribution in [1.29, 1.82) is 0 Å². The monoisotopic (exact) mass is 258 g/mol. The maximum atomic E-state index is 11.8. The highest BCUT2D eigenvalue weighted by Crippen LogP contribution is 2.17. The Morgan fingerprint density at radius 3 is 2.00 bits per heavy atom. The first-order chi connectivity index (χ1) is 8.24. The van der Waals surface area contributed by atoms with Gasteiger partial charge >= 0.3 is 6.03 Å². The summed E-state index contributed by atoms with van der Waals surface area (Å²) in [6, 6.07) is 0.548. The van der Waals surface area contributed by atoms with Crippen LogP contribution in [0.25, 0.3) is 0 Å². The Balaban J connectivity index is 1.67. The van der Waals surface area contributed by atoms with Crippen molar-refractivity contribution in [2.45, 2.75) is 57.0 Å². The first-order valence-electron chi connectivity index (χ1n) is 6.66. The average molecular weight is 258 g/mol. The normalized spacial score (nSPS) is 30.8. The molecule has 2 amide bonds. The molecule has 4 nitrogen and oxygen atoms in total. The molecule has 1 saturated heterocycles. The number of hydrogen-bond donors (Lipinski definition) is 2. The largest absolute Gasteiger partial charge is 0.335 e. The number of urea groups is 1. The molecule has 98 valence electrons. The van der Waals surface area contributed by atoms with Crippen molar-refractivity contribution in [2.75, 3.05) is 11.5 Å². The molecule has 0 aromatic carbocycles. The number of carbonyl (C=O) groups is 1. The zero-order chi connectivity index (χ0) is 12.1. The van der Waals surface area contributed by atoms with Crippen LogP contribution in [0.1, 0.15) is 44.9 Å². The van der Waals surface area contributed by atoms with Gasteiger partial charge in [0.25, 0.3) is 0 Å². The number of amides is 2. The van der Waals surface area contributed by atoms with Gasteiger partial charge in [0.2, 0.25) is 0 Å². The lowest BCUT2D eigenvalue weighted by molar-refractivity contribution is 0.228. The Morgan fingerprint density at radius 2 is 1.41 bits per heavy atom. The average Bonchev–Trinajstić information content (AvgIpc) is 2.33. The van der Waals surface area contributed by atoms with Crippen molar-refractivity contribution in [2.24, 2.45) is 0 Å². The van der Waals surface area contributed by atoms with E-state index < -0.39 is 10.8 Å². The van der Waals surface area contributed by atoms with Crippen molar-refractivity contribution < 1.29 is 9.00 Å². The van der Waals surface area contributed by atoms with Crippen LogP contribution in [0.4, 0.5) is 4.79 Å². The van der Waals surface area contributed by atoms with E-state index >= 15 is 0 Å². The minimum absolute atomic E-state index is 0.0328. The zero-order valence-corrected chi connectivity index (χ0v) is 11.1. The van der Waals surface area contributed by atoms with Crippen LogP contribution in [-0.2, 0) is 10.8 Å². The van der Waals surface area contributed by atoms with Crippen molar-refractivity contribution in [1.82, 2.24) is 10.6 Å². The molecule has 0 spiro atoms. The fourth-order valence-corrected chi connectivity index (χ4v) is 3.90. The maximum Gasteiger partial charge on any atom is 0.315 e. The fraction of sp³-hybridized carbons (Fsp3) is 0.917. The first-order valence-corrected chi connectivity index (χ1v) is 8.15. The highest BCUT2D eigenvalue weighted by molar-refractivity contribution is 7.85. The van der Waals surface area contributed by atoms with Crippen molar-refractivity contribution >= 4 is 16.8 Å². The van der Waals surface area contributed by atoms with E-state index in [4.69, 9.17) is 0 Å². The number of nitrogens with one attached hydrogen (secondary N) is 2. The Morgan fingerprint density at radius 1 is 0.882 bits per heavy atom. The Hall–Kier alpha value is -0.580. The van der Waals surface area contributed by atoms with Gasteiger partial charge in [-0.3, -0.25) is 4.21 Å². The van der Waals surface area contributed by atoms with Gasteiger partial charge in [0, 0.05) is 34.4 Å². The molecule has 2 N–H and O–H groups in total. The van der Waals surface area contributed by atoms with E-state index in [2.05, 4.69) is 10.6 Å². The van der Waals surface area contributed by atoms with E-state index in [1.165, 1.54) is 19.3 Å². The van der Waals surface area contributed by atoms with E-state index in [0.717, 1.165) is 37.2 Å². The van der Waals surface area contributed by atoms with E-state index in [1.807, 2.05) is 0 Å². The topological polar surface area (TPSA) is 58.2 Å². The maximum absolute atomic E-state index is 11.8. The first kappa shape index (κ1) is 12.9. The van der Waals surface area contributed by atoms with Crippen LogP contribution in [0.15, 0.2) is 0 Å². The van der Waals surface area contributed by atoms with Gasteiger partial charge in [0.15, 0.2) is 0 Å². The minimum atomic E-state index is -0.654. The van der Waals surface area contributed by atoms with Crippen molar-refractivity contribution in [3.8, 4) is 0 Å². The summed E-state index contributed by atoms with van der Waals surface area (Å²) < 4.78 is 11.2. The predicted octanol–water partition coefficient (Wildman–Crippen LogP) is 1.53. The molecule has 1 saturated carbocycles. The molecule has 0 unspecified atom stereocenters. The molecule has 0 bridgehead atoms. The van der Waals surface area contributed by atoms with Gasteiger partial charge in [-0.1, -0.05) is 19.3 Å². The molecule has 2 rings (SSSR count). The molecule has 1 heterocycles. The summed E-state index contributed by atoms with van der Waals surface area (Å²) in [7, 11) is -0.654. The summed E-state index contributed by atoms with van der Waals surface area (Å²) in [4.78, 5) is 11.8. The third-order valence-corrected chi connectivity index (χ3v) is 5.05. The Kier molecular flexibility index (Phi) is 4.83. The van der Waals surface area contributed by atoms with Crippen molar-refractivity contribution in [3.63, 3.8) is 0 Å². The van der Waals surface area contributed by atoms with Crippen LogP contribution in [0.2, 0.25) is 0 Å². The predicted molar refractivity (Wildman–Crippen MR) is 69.4 cm³/mol. The van der Waals surface area contributed by atoms with E-state index in [0.29, 0.717) is 6.04 Å². The van der Waals surface area contributed by atoms with Crippen LogP contribution in [0.3, 0.4) is 0 Å². The molecular weight excluding hydrogens is 236 g/mol. The standard InChI is InChI=1S/C12H22N2O2S/c15-12(13-10-4-2-1-3-5-10)14-11-6-8-17(16)9-7-11/h10-11H,1-9H2,(H2,13,14,15). The van der Waals surface area contributed by atoms with Gasteiger partial charge in [-0.05, 0) is 25.7 Å². The van der Waals surface area contributed by atoms with Crippen molar-refractivity contribution in [3.05, 3.63) is 0 Å².